The van der Waals surface area contributed by atoms with Crippen LogP contribution in [0.15, 0.2) is 18.5 Å². The number of hydrogen-bond donors (Lipinski definition) is 1. The van der Waals surface area contributed by atoms with E-state index in [0.717, 1.165) is 6.20 Å². The molecule has 18 heavy (non-hydrogen) atoms. The zero-order valence-corrected chi connectivity index (χ0v) is 9.37. The van der Waals surface area contributed by atoms with Gasteiger partial charge in [-0.25, -0.2) is 0 Å². The van der Waals surface area contributed by atoms with Crippen LogP contribution in [-0.2, 0) is 6.18 Å². The van der Waals surface area contributed by atoms with Gasteiger partial charge >= 0.3 is 12.0 Å². The number of nitrogens with zero attached hydrogens (tertiary/aromatic N) is 4. The number of halogens is 4. The third kappa shape index (κ3) is 2.12. The summed E-state index contributed by atoms with van der Waals surface area (Å²) in [7, 11) is 0. The maximum absolute atomic E-state index is 12.9. The predicted molar refractivity (Wildman–Crippen MR) is 49.3 cm³/mol. The molecule has 2 rings (SSSR count). The van der Waals surface area contributed by atoms with Crippen molar-refractivity contribution in [1.29, 1.82) is 5.26 Å². The van der Waals surface area contributed by atoms with E-state index in [1.54, 1.807) is 0 Å². The minimum Gasteiger partial charge on any atom is -1.00 e. The lowest BCUT2D eigenvalue weighted by Gasteiger charge is -2.08. The van der Waals surface area contributed by atoms with Crippen molar-refractivity contribution in [2.24, 2.45) is 0 Å². The quantitative estimate of drug-likeness (QED) is 0.548. The van der Waals surface area contributed by atoms with Crippen molar-refractivity contribution in [1.82, 2.24) is 9.97 Å². The van der Waals surface area contributed by atoms with Gasteiger partial charge in [-0.15, -0.1) is 0 Å². The molecular weight excluding hydrogens is 271 g/mol. The summed E-state index contributed by atoms with van der Waals surface area (Å²) in [6.07, 6.45) is -2.31. The van der Waals surface area contributed by atoms with E-state index in [0.29, 0.717) is 4.40 Å². The van der Waals surface area contributed by atoms with Crippen molar-refractivity contribution >= 4 is 11.6 Å². The zero-order valence-electron chi connectivity index (χ0n) is 8.61. The number of aromatic nitrogens is 3. The van der Waals surface area contributed by atoms with Crippen LogP contribution >= 0.6 is 0 Å². The maximum atomic E-state index is 12.9. The molecule has 0 aliphatic rings. The summed E-state index contributed by atoms with van der Waals surface area (Å²) in [5.41, 5.74) is 3.43. The number of alkyl halides is 3. The Morgan fingerprint density at radius 1 is 1.39 bits per heavy atom. The van der Waals surface area contributed by atoms with E-state index in [2.05, 4.69) is 9.97 Å². The molecule has 2 aromatic heterocycles. The van der Waals surface area contributed by atoms with Crippen LogP contribution in [0.2, 0.25) is 0 Å². The van der Waals surface area contributed by atoms with Gasteiger partial charge in [-0.2, -0.15) is 22.8 Å². The Kier molecular flexibility index (Phi) is 3.57. The molecule has 0 spiro atoms. The van der Waals surface area contributed by atoms with Gasteiger partial charge < -0.3 is 18.1 Å². The Balaban J connectivity index is 0.00000162. The first kappa shape index (κ1) is 13.9. The molecule has 0 saturated carbocycles. The van der Waals surface area contributed by atoms with Gasteiger partial charge in [-0.1, -0.05) is 4.98 Å². The minimum atomic E-state index is -4.71. The second-order valence-electron chi connectivity index (χ2n) is 3.12. The number of nitrogen functional groups attached to an aromatic ring is 1. The monoisotopic (exact) mass is 275 g/mol. The van der Waals surface area contributed by atoms with Crippen LogP contribution in [-0.4, -0.2) is 9.97 Å². The van der Waals surface area contributed by atoms with Crippen LogP contribution < -0.4 is 22.5 Å². The lowest BCUT2D eigenvalue weighted by molar-refractivity contribution is -0.547. The van der Waals surface area contributed by atoms with Crippen LogP contribution in [0.1, 0.15) is 11.3 Å². The Hall–Kier alpha value is -2.14. The molecule has 2 N–H and O–H groups in total. The molecule has 0 fully saturated rings. The van der Waals surface area contributed by atoms with Gasteiger partial charge in [0.1, 0.15) is 12.3 Å². The number of rotatable bonds is 0. The van der Waals surface area contributed by atoms with Gasteiger partial charge in [0.2, 0.25) is 11.5 Å². The van der Waals surface area contributed by atoms with E-state index >= 15 is 0 Å². The van der Waals surface area contributed by atoms with Gasteiger partial charge in [0.05, 0.1) is 6.20 Å². The third-order valence-corrected chi connectivity index (χ3v) is 2.06. The molecule has 0 atom stereocenters. The van der Waals surface area contributed by atoms with Gasteiger partial charge in [0.25, 0.3) is 0 Å². The minimum absolute atomic E-state index is 0. The predicted octanol–water partition coefficient (Wildman–Crippen LogP) is -2.31. The largest absolute Gasteiger partial charge is 1.00 e. The first-order chi connectivity index (χ1) is 7.95. The SMILES string of the molecule is N#Cc1c(N)nc2nccc[n+]2c1C(F)(F)F.[Cl-]. The summed E-state index contributed by atoms with van der Waals surface area (Å²) >= 11 is 0. The first-order valence-corrected chi connectivity index (χ1v) is 4.38. The molecule has 0 radical (unpaired) electrons. The summed E-state index contributed by atoms with van der Waals surface area (Å²) in [6, 6.07) is 2.71. The van der Waals surface area contributed by atoms with Crippen molar-refractivity contribution in [3.8, 4) is 6.07 Å². The Labute approximate surface area is 105 Å². The average molecular weight is 276 g/mol. The smallest absolute Gasteiger partial charge is 0.447 e. The number of anilines is 1. The molecule has 0 aromatic carbocycles. The molecule has 0 saturated heterocycles. The van der Waals surface area contributed by atoms with Crippen molar-refractivity contribution in [2.45, 2.75) is 6.18 Å². The van der Waals surface area contributed by atoms with Crippen LogP contribution in [0.25, 0.3) is 5.78 Å². The molecule has 9 heteroatoms. The van der Waals surface area contributed by atoms with Gasteiger partial charge in [0, 0.05) is 6.07 Å². The van der Waals surface area contributed by atoms with Crippen molar-refractivity contribution in [3.63, 3.8) is 0 Å². The van der Waals surface area contributed by atoms with E-state index in [4.69, 9.17) is 11.0 Å². The summed E-state index contributed by atoms with van der Waals surface area (Å²) in [5, 5.41) is 8.72. The van der Waals surface area contributed by atoms with Gasteiger partial charge in [-0.05, 0) is 4.98 Å². The summed E-state index contributed by atoms with van der Waals surface area (Å²) in [5.74, 6) is -0.699. The van der Waals surface area contributed by atoms with Gasteiger partial charge in [0.15, 0.2) is 5.56 Å². The van der Waals surface area contributed by atoms with Crippen molar-refractivity contribution in [2.75, 3.05) is 5.73 Å². The van der Waals surface area contributed by atoms with Crippen LogP contribution in [0, 0.1) is 11.3 Å². The molecule has 94 valence electrons. The number of hydrogen-bond acceptors (Lipinski definition) is 4. The zero-order chi connectivity index (χ0) is 12.6. The fourth-order valence-corrected chi connectivity index (χ4v) is 1.41. The van der Waals surface area contributed by atoms with Crippen LogP contribution in [0.3, 0.4) is 0 Å². The second-order valence-corrected chi connectivity index (χ2v) is 3.12. The lowest BCUT2D eigenvalue weighted by Crippen LogP contribution is -3.00. The molecule has 5 nitrogen and oxygen atoms in total. The average Bonchev–Trinajstić information content (AvgIpc) is 2.25. The van der Waals surface area contributed by atoms with E-state index < -0.39 is 23.3 Å². The Morgan fingerprint density at radius 3 is 2.61 bits per heavy atom. The van der Waals surface area contributed by atoms with Crippen LogP contribution in [0.4, 0.5) is 19.0 Å². The summed E-state index contributed by atoms with van der Waals surface area (Å²) < 4.78 is 39.3. The van der Waals surface area contributed by atoms with Crippen molar-refractivity contribution in [3.05, 3.63) is 29.7 Å². The number of nitrogens with two attached hydrogens (primary N) is 1. The Bertz CT molecular complexity index is 634. The molecule has 2 aromatic rings. The molecule has 0 aliphatic carbocycles. The summed E-state index contributed by atoms with van der Waals surface area (Å²) in [4.78, 5) is 7.28. The summed E-state index contributed by atoms with van der Waals surface area (Å²) in [6.45, 7) is 0. The van der Waals surface area contributed by atoms with Crippen LogP contribution in [0.5, 0.6) is 0 Å². The van der Waals surface area contributed by atoms with Crippen molar-refractivity contribution < 1.29 is 30.0 Å². The maximum Gasteiger partial charge on any atom is 0.447 e. The topological polar surface area (TPSA) is 79.7 Å². The molecule has 2 heterocycles. The number of nitriles is 1. The highest BCUT2D eigenvalue weighted by Crippen LogP contribution is 2.30. The fraction of sp³-hybridized carbons (Fsp3) is 0.111. The fourth-order valence-electron chi connectivity index (χ4n) is 1.41. The highest BCUT2D eigenvalue weighted by atomic mass is 35.5. The Morgan fingerprint density at radius 2 is 2.06 bits per heavy atom. The van der Waals surface area contributed by atoms with E-state index in [9.17, 15) is 13.2 Å². The van der Waals surface area contributed by atoms with Gasteiger partial charge in [-0.3, -0.25) is 0 Å². The number of fused-ring (bicyclic) bond motifs is 1. The molecule has 0 aliphatic heterocycles. The first-order valence-electron chi connectivity index (χ1n) is 4.38. The third-order valence-electron chi connectivity index (χ3n) is 2.06. The van der Waals surface area contributed by atoms with E-state index in [1.807, 2.05) is 0 Å². The standard InChI is InChI=1S/C9H4F3N5.ClH/c10-9(11,12)6-5(4-13)7(14)16-8-15-2-1-3-17(6)8;/h1-3,14H;1H. The van der Waals surface area contributed by atoms with E-state index in [-0.39, 0.29) is 18.2 Å². The second kappa shape index (κ2) is 4.62. The molecular formula is C9H5ClF3N5. The normalized spacial score (nSPS) is 10.8. The molecule has 0 bridgehead atoms. The van der Waals surface area contributed by atoms with E-state index in [1.165, 1.54) is 18.3 Å². The lowest BCUT2D eigenvalue weighted by atomic mass is 10.2. The molecule has 0 amide bonds. The highest BCUT2D eigenvalue weighted by Gasteiger charge is 2.41. The highest BCUT2D eigenvalue weighted by molar-refractivity contribution is 5.52. The molecule has 0 unspecified atom stereocenters.